The van der Waals surface area contributed by atoms with Crippen LogP contribution in [0.25, 0.3) is 0 Å². The topological polar surface area (TPSA) is 105 Å². The van der Waals surface area contributed by atoms with Crippen LogP contribution in [0.1, 0.15) is 23.2 Å². The summed E-state index contributed by atoms with van der Waals surface area (Å²) in [5, 5.41) is 16.8. The number of carbonyl (C=O) groups excluding carboxylic acids is 2. The zero-order chi connectivity index (χ0) is 19.4. The van der Waals surface area contributed by atoms with E-state index in [-0.39, 0.29) is 23.1 Å². The molecule has 0 aromatic heterocycles. The summed E-state index contributed by atoms with van der Waals surface area (Å²) in [6.45, 7) is 0.438. The van der Waals surface area contributed by atoms with E-state index in [4.69, 9.17) is 0 Å². The fraction of sp³-hybridized carbons (Fsp3) is 0.263. The van der Waals surface area contributed by atoms with E-state index < -0.39 is 11.0 Å². The standard InChI is InChI=1S/C19H20N4O4/c1-20-15-10-9-13(12-17(15)23(26)27)19(25)22-11-5-8-16(22)18(24)21-14-6-3-2-4-7-14/h2-4,6-7,9-10,12,16,20H,5,8,11H2,1H3,(H,21,24). The average molecular weight is 368 g/mol. The maximum atomic E-state index is 12.9. The van der Waals surface area contributed by atoms with Crippen LogP contribution in [0.4, 0.5) is 17.1 Å². The Hall–Kier alpha value is -3.42. The number of hydrogen-bond donors (Lipinski definition) is 2. The third kappa shape index (κ3) is 3.89. The molecule has 2 aromatic carbocycles. The summed E-state index contributed by atoms with van der Waals surface area (Å²) in [6.07, 6.45) is 1.26. The average Bonchev–Trinajstić information content (AvgIpc) is 3.17. The van der Waals surface area contributed by atoms with Gasteiger partial charge >= 0.3 is 0 Å². The van der Waals surface area contributed by atoms with Gasteiger partial charge in [0.1, 0.15) is 11.7 Å². The van der Waals surface area contributed by atoms with Crippen LogP contribution in [0, 0.1) is 10.1 Å². The molecule has 0 bridgehead atoms. The van der Waals surface area contributed by atoms with E-state index >= 15 is 0 Å². The fourth-order valence-electron chi connectivity index (χ4n) is 3.22. The number of carbonyl (C=O) groups is 2. The van der Waals surface area contributed by atoms with Crippen molar-refractivity contribution in [1.82, 2.24) is 4.90 Å². The number of nitro benzene ring substituents is 1. The second kappa shape index (κ2) is 7.86. The molecule has 8 nitrogen and oxygen atoms in total. The maximum absolute atomic E-state index is 12.9. The lowest BCUT2D eigenvalue weighted by atomic mass is 10.1. The van der Waals surface area contributed by atoms with E-state index in [9.17, 15) is 19.7 Å². The Kier molecular flexibility index (Phi) is 5.35. The number of likely N-dealkylation sites (tertiary alicyclic amines) is 1. The largest absolute Gasteiger partial charge is 0.383 e. The molecular weight excluding hydrogens is 348 g/mol. The molecule has 1 unspecified atom stereocenters. The number of nitrogens with zero attached hydrogens (tertiary/aromatic N) is 2. The summed E-state index contributed by atoms with van der Waals surface area (Å²) >= 11 is 0. The Bertz CT molecular complexity index is 869. The molecule has 1 fully saturated rings. The van der Waals surface area contributed by atoms with Gasteiger partial charge in [0.2, 0.25) is 5.91 Å². The van der Waals surface area contributed by atoms with Crippen molar-refractivity contribution in [3.8, 4) is 0 Å². The minimum absolute atomic E-state index is 0.173. The van der Waals surface area contributed by atoms with Crippen LogP contribution in [0.15, 0.2) is 48.5 Å². The molecule has 2 amide bonds. The fourth-order valence-corrected chi connectivity index (χ4v) is 3.22. The van der Waals surface area contributed by atoms with E-state index in [0.29, 0.717) is 30.8 Å². The Labute approximate surface area is 156 Å². The number of para-hydroxylation sites is 1. The number of nitro groups is 1. The SMILES string of the molecule is CNc1ccc(C(=O)N2CCCC2C(=O)Nc2ccccc2)cc1[N+](=O)[O-]. The molecule has 8 heteroatoms. The van der Waals surface area contributed by atoms with E-state index in [1.54, 1.807) is 19.2 Å². The molecule has 2 N–H and O–H groups in total. The van der Waals surface area contributed by atoms with Gasteiger partial charge in [0.15, 0.2) is 0 Å². The van der Waals surface area contributed by atoms with Crippen LogP contribution in [0.3, 0.4) is 0 Å². The van der Waals surface area contributed by atoms with E-state index in [2.05, 4.69) is 10.6 Å². The Morgan fingerprint density at radius 2 is 1.93 bits per heavy atom. The van der Waals surface area contributed by atoms with Crippen molar-refractivity contribution in [2.24, 2.45) is 0 Å². The van der Waals surface area contributed by atoms with Gasteiger partial charge in [-0.25, -0.2) is 0 Å². The highest BCUT2D eigenvalue weighted by molar-refractivity contribution is 6.02. The predicted molar refractivity (Wildman–Crippen MR) is 102 cm³/mol. The van der Waals surface area contributed by atoms with Crippen molar-refractivity contribution >= 4 is 28.9 Å². The highest BCUT2D eigenvalue weighted by atomic mass is 16.6. The first-order valence-electron chi connectivity index (χ1n) is 8.64. The molecule has 0 radical (unpaired) electrons. The van der Waals surface area contributed by atoms with Gasteiger partial charge in [-0.05, 0) is 37.1 Å². The lowest BCUT2D eigenvalue weighted by Gasteiger charge is -2.24. The molecule has 1 atom stereocenters. The van der Waals surface area contributed by atoms with Gasteiger partial charge in [0.25, 0.3) is 11.6 Å². The Morgan fingerprint density at radius 1 is 1.19 bits per heavy atom. The minimum Gasteiger partial charge on any atom is -0.383 e. The third-order valence-electron chi connectivity index (χ3n) is 4.57. The van der Waals surface area contributed by atoms with Crippen LogP contribution in [0.2, 0.25) is 0 Å². The van der Waals surface area contributed by atoms with Gasteiger partial charge in [-0.2, -0.15) is 0 Å². The lowest BCUT2D eigenvalue weighted by Crippen LogP contribution is -2.43. The zero-order valence-corrected chi connectivity index (χ0v) is 14.8. The van der Waals surface area contributed by atoms with E-state index in [1.807, 2.05) is 18.2 Å². The summed E-state index contributed by atoms with van der Waals surface area (Å²) < 4.78 is 0. The molecule has 0 spiro atoms. The Morgan fingerprint density at radius 3 is 2.59 bits per heavy atom. The first-order chi connectivity index (χ1) is 13.0. The predicted octanol–water partition coefficient (Wildman–Crippen LogP) is 2.88. The third-order valence-corrected chi connectivity index (χ3v) is 4.57. The number of benzene rings is 2. The molecule has 3 rings (SSSR count). The van der Waals surface area contributed by atoms with Crippen molar-refractivity contribution in [3.05, 3.63) is 64.2 Å². The van der Waals surface area contributed by atoms with Gasteiger partial charge in [-0.15, -0.1) is 0 Å². The summed E-state index contributed by atoms with van der Waals surface area (Å²) in [4.78, 5) is 37.7. The highest BCUT2D eigenvalue weighted by Crippen LogP contribution is 2.28. The van der Waals surface area contributed by atoms with Crippen LogP contribution >= 0.6 is 0 Å². The molecule has 0 aliphatic carbocycles. The van der Waals surface area contributed by atoms with Gasteiger partial charge in [-0.1, -0.05) is 18.2 Å². The summed E-state index contributed by atoms with van der Waals surface area (Å²) in [5.74, 6) is -0.639. The minimum atomic E-state index is -0.597. The molecule has 140 valence electrons. The van der Waals surface area contributed by atoms with Crippen molar-refractivity contribution in [1.29, 1.82) is 0 Å². The molecule has 2 aromatic rings. The first kappa shape index (κ1) is 18.4. The molecule has 0 saturated carbocycles. The second-order valence-corrected chi connectivity index (χ2v) is 6.25. The number of anilines is 2. The normalized spacial score (nSPS) is 16.0. The highest BCUT2D eigenvalue weighted by Gasteiger charge is 2.35. The first-order valence-corrected chi connectivity index (χ1v) is 8.64. The summed E-state index contributed by atoms with van der Waals surface area (Å²) in [7, 11) is 1.58. The van der Waals surface area contributed by atoms with Crippen LogP contribution < -0.4 is 10.6 Å². The number of nitrogens with one attached hydrogen (secondary N) is 2. The zero-order valence-electron chi connectivity index (χ0n) is 14.8. The van der Waals surface area contributed by atoms with Crippen molar-refractivity contribution in [2.45, 2.75) is 18.9 Å². The molecule has 1 saturated heterocycles. The quantitative estimate of drug-likeness (QED) is 0.624. The Balaban J connectivity index is 1.80. The van der Waals surface area contributed by atoms with Crippen molar-refractivity contribution < 1.29 is 14.5 Å². The van der Waals surface area contributed by atoms with Crippen molar-refractivity contribution in [3.63, 3.8) is 0 Å². The molecule has 1 aliphatic heterocycles. The summed E-state index contributed by atoms with van der Waals surface area (Å²) in [5.41, 5.74) is 1.01. The number of hydrogen-bond acceptors (Lipinski definition) is 5. The molecular formula is C19H20N4O4. The van der Waals surface area contributed by atoms with Gasteiger partial charge in [-0.3, -0.25) is 19.7 Å². The van der Waals surface area contributed by atoms with Gasteiger partial charge in [0.05, 0.1) is 4.92 Å². The van der Waals surface area contributed by atoms with E-state index in [0.717, 1.165) is 0 Å². The number of rotatable bonds is 5. The monoisotopic (exact) mass is 368 g/mol. The van der Waals surface area contributed by atoms with Gasteiger partial charge in [0, 0.05) is 30.9 Å². The smallest absolute Gasteiger partial charge is 0.293 e. The molecule has 1 aliphatic rings. The van der Waals surface area contributed by atoms with Crippen LogP contribution in [-0.2, 0) is 4.79 Å². The molecule has 27 heavy (non-hydrogen) atoms. The van der Waals surface area contributed by atoms with E-state index in [1.165, 1.54) is 23.1 Å². The lowest BCUT2D eigenvalue weighted by molar-refractivity contribution is -0.384. The van der Waals surface area contributed by atoms with Crippen molar-refractivity contribution in [2.75, 3.05) is 24.2 Å². The van der Waals surface area contributed by atoms with Crippen LogP contribution in [-0.4, -0.2) is 41.3 Å². The molecule has 1 heterocycles. The van der Waals surface area contributed by atoms with Crippen LogP contribution in [0.5, 0.6) is 0 Å². The maximum Gasteiger partial charge on any atom is 0.293 e. The second-order valence-electron chi connectivity index (χ2n) is 6.25. The number of amides is 2. The summed E-state index contributed by atoms with van der Waals surface area (Å²) in [6, 6.07) is 12.7. The van der Waals surface area contributed by atoms with Gasteiger partial charge < -0.3 is 15.5 Å².